The fourth-order valence-electron chi connectivity index (χ4n) is 2.91. The first kappa shape index (κ1) is 18.6. The average Bonchev–Trinajstić information content (AvgIpc) is 2.84. The number of carbonyl (C=O) groups excluding carboxylic acids is 1. The maximum absolute atomic E-state index is 12.2. The van der Waals surface area contributed by atoms with Crippen LogP contribution in [0.2, 0.25) is 0 Å². The van der Waals surface area contributed by atoms with Gasteiger partial charge in [0.1, 0.15) is 11.5 Å². The van der Waals surface area contributed by atoms with Gasteiger partial charge in [-0.05, 0) is 32.9 Å². The van der Waals surface area contributed by atoms with Crippen molar-refractivity contribution in [3.8, 4) is 11.5 Å². The molecular formula is C18H26N4O3. The SMILES string of the molecule is COc1ccc(CNC(=O)N[C@H](C)c2c(C)nn(C)c2C)c(OC)c1. The molecule has 2 rings (SSSR count). The molecule has 1 atom stereocenters. The van der Waals surface area contributed by atoms with Gasteiger partial charge in [-0.3, -0.25) is 4.68 Å². The lowest BCUT2D eigenvalue weighted by molar-refractivity contribution is 0.237. The number of ether oxygens (including phenoxy) is 2. The zero-order valence-electron chi connectivity index (χ0n) is 15.6. The highest BCUT2D eigenvalue weighted by Crippen LogP contribution is 2.24. The van der Waals surface area contributed by atoms with Gasteiger partial charge in [-0.2, -0.15) is 5.10 Å². The third-order valence-corrected chi connectivity index (χ3v) is 4.28. The van der Waals surface area contributed by atoms with E-state index >= 15 is 0 Å². The van der Waals surface area contributed by atoms with Gasteiger partial charge in [0, 0.05) is 36.5 Å². The number of hydrogen-bond donors (Lipinski definition) is 2. The summed E-state index contributed by atoms with van der Waals surface area (Å²) in [5.41, 5.74) is 3.88. The highest BCUT2D eigenvalue weighted by molar-refractivity contribution is 5.74. The maximum atomic E-state index is 12.2. The van der Waals surface area contributed by atoms with Crippen molar-refractivity contribution in [2.75, 3.05) is 14.2 Å². The molecule has 0 saturated carbocycles. The lowest BCUT2D eigenvalue weighted by Gasteiger charge is -2.16. The first-order valence-corrected chi connectivity index (χ1v) is 8.12. The normalized spacial score (nSPS) is 11.8. The molecule has 0 unspecified atom stereocenters. The van der Waals surface area contributed by atoms with Crippen LogP contribution in [0.3, 0.4) is 0 Å². The molecule has 0 spiro atoms. The Morgan fingerprint density at radius 1 is 1.28 bits per heavy atom. The predicted octanol–water partition coefficient (Wildman–Crippen LogP) is 2.61. The minimum atomic E-state index is -0.243. The van der Waals surface area contributed by atoms with Gasteiger partial charge in [0.2, 0.25) is 0 Å². The van der Waals surface area contributed by atoms with Gasteiger partial charge < -0.3 is 20.1 Å². The standard InChI is InChI=1S/C18H26N4O3/c1-11(17-12(2)21-22(4)13(17)3)20-18(23)19-10-14-7-8-15(24-5)9-16(14)25-6/h7-9,11H,10H2,1-6H3,(H2,19,20,23)/t11-/m1/s1. The van der Waals surface area contributed by atoms with Crippen LogP contribution in [0.15, 0.2) is 18.2 Å². The fourth-order valence-corrected chi connectivity index (χ4v) is 2.91. The second-order valence-electron chi connectivity index (χ2n) is 5.93. The molecule has 0 saturated heterocycles. The summed E-state index contributed by atoms with van der Waals surface area (Å²) < 4.78 is 12.3. The molecule has 0 fully saturated rings. The highest BCUT2D eigenvalue weighted by Gasteiger charge is 2.18. The van der Waals surface area contributed by atoms with Crippen LogP contribution in [0.25, 0.3) is 0 Å². The molecule has 1 aromatic carbocycles. The van der Waals surface area contributed by atoms with Crippen molar-refractivity contribution in [3.05, 3.63) is 40.7 Å². The lowest BCUT2D eigenvalue weighted by atomic mass is 10.1. The molecule has 0 aliphatic heterocycles. The molecule has 136 valence electrons. The summed E-state index contributed by atoms with van der Waals surface area (Å²) >= 11 is 0. The number of amides is 2. The van der Waals surface area contributed by atoms with Crippen LogP contribution < -0.4 is 20.1 Å². The Morgan fingerprint density at radius 3 is 2.56 bits per heavy atom. The van der Waals surface area contributed by atoms with Crippen molar-refractivity contribution in [1.82, 2.24) is 20.4 Å². The van der Waals surface area contributed by atoms with Crippen molar-refractivity contribution in [3.63, 3.8) is 0 Å². The minimum Gasteiger partial charge on any atom is -0.497 e. The second kappa shape index (κ2) is 7.92. The Kier molecular flexibility index (Phi) is 5.90. The van der Waals surface area contributed by atoms with E-state index in [-0.39, 0.29) is 12.1 Å². The van der Waals surface area contributed by atoms with Crippen LogP contribution in [-0.4, -0.2) is 30.0 Å². The van der Waals surface area contributed by atoms with E-state index in [1.165, 1.54) is 0 Å². The number of aromatic nitrogens is 2. The average molecular weight is 346 g/mol. The number of nitrogens with one attached hydrogen (secondary N) is 2. The summed E-state index contributed by atoms with van der Waals surface area (Å²) in [6.07, 6.45) is 0. The zero-order chi connectivity index (χ0) is 18.6. The summed E-state index contributed by atoms with van der Waals surface area (Å²) in [7, 11) is 5.09. The molecule has 25 heavy (non-hydrogen) atoms. The first-order chi connectivity index (χ1) is 11.9. The van der Waals surface area contributed by atoms with E-state index in [0.29, 0.717) is 18.0 Å². The molecule has 0 radical (unpaired) electrons. The molecule has 0 aliphatic rings. The van der Waals surface area contributed by atoms with Crippen LogP contribution in [0.4, 0.5) is 4.79 Å². The van der Waals surface area contributed by atoms with E-state index in [0.717, 1.165) is 22.5 Å². The van der Waals surface area contributed by atoms with Crippen molar-refractivity contribution >= 4 is 6.03 Å². The zero-order valence-corrected chi connectivity index (χ0v) is 15.6. The van der Waals surface area contributed by atoms with Crippen molar-refractivity contribution in [2.24, 2.45) is 7.05 Å². The Bertz CT molecular complexity index is 755. The Balaban J connectivity index is 1.99. The molecular weight excluding hydrogens is 320 g/mol. The van der Waals surface area contributed by atoms with Crippen LogP contribution >= 0.6 is 0 Å². The molecule has 1 heterocycles. The number of methoxy groups -OCH3 is 2. The molecule has 2 N–H and O–H groups in total. The number of urea groups is 1. The summed E-state index contributed by atoms with van der Waals surface area (Å²) in [6.45, 7) is 6.25. The van der Waals surface area contributed by atoms with Crippen LogP contribution in [0, 0.1) is 13.8 Å². The summed E-state index contributed by atoms with van der Waals surface area (Å²) in [4.78, 5) is 12.2. The Morgan fingerprint density at radius 2 is 2.00 bits per heavy atom. The molecule has 0 aliphatic carbocycles. The molecule has 1 aromatic heterocycles. The smallest absolute Gasteiger partial charge is 0.315 e. The Hall–Kier alpha value is -2.70. The third-order valence-electron chi connectivity index (χ3n) is 4.28. The number of benzene rings is 1. The Labute approximate surface area is 148 Å². The van der Waals surface area contributed by atoms with Crippen molar-refractivity contribution in [1.29, 1.82) is 0 Å². The van der Waals surface area contributed by atoms with E-state index in [4.69, 9.17) is 9.47 Å². The van der Waals surface area contributed by atoms with Gasteiger partial charge in [-0.25, -0.2) is 4.79 Å². The van der Waals surface area contributed by atoms with Crippen molar-refractivity contribution < 1.29 is 14.3 Å². The summed E-state index contributed by atoms with van der Waals surface area (Å²) in [5, 5.41) is 10.2. The van der Waals surface area contributed by atoms with E-state index in [1.807, 2.05) is 44.6 Å². The van der Waals surface area contributed by atoms with Gasteiger partial charge in [0.25, 0.3) is 0 Å². The number of hydrogen-bond acceptors (Lipinski definition) is 4. The van der Waals surface area contributed by atoms with Gasteiger partial charge in [0.15, 0.2) is 0 Å². The van der Waals surface area contributed by atoms with E-state index in [2.05, 4.69) is 15.7 Å². The van der Waals surface area contributed by atoms with Gasteiger partial charge >= 0.3 is 6.03 Å². The number of rotatable bonds is 6. The summed E-state index contributed by atoms with van der Waals surface area (Å²) in [6, 6.07) is 5.12. The molecule has 2 aromatic rings. The van der Waals surface area contributed by atoms with E-state index in [1.54, 1.807) is 20.3 Å². The molecule has 2 amide bonds. The van der Waals surface area contributed by atoms with Crippen LogP contribution in [0.5, 0.6) is 11.5 Å². The molecule has 0 bridgehead atoms. The van der Waals surface area contributed by atoms with E-state index in [9.17, 15) is 4.79 Å². The first-order valence-electron chi connectivity index (χ1n) is 8.12. The fraction of sp³-hybridized carbons (Fsp3) is 0.444. The van der Waals surface area contributed by atoms with Crippen molar-refractivity contribution in [2.45, 2.75) is 33.4 Å². The number of aryl methyl sites for hydroxylation is 2. The topological polar surface area (TPSA) is 77.4 Å². The number of carbonyl (C=O) groups is 1. The van der Waals surface area contributed by atoms with E-state index < -0.39 is 0 Å². The quantitative estimate of drug-likeness (QED) is 0.843. The minimum absolute atomic E-state index is 0.133. The van der Waals surface area contributed by atoms with Gasteiger partial charge in [-0.15, -0.1) is 0 Å². The monoisotopic (exact) mass is 346 g/mol. The number of nitrogens with zero attached hydrogens (tertiary/aromatic N) is 2. The van der Waals surface area contributed by atoms with Crippen LogP contribution in [-0.2, 0) is 13.6 Å². The van der Waals surface area contributed by atoms with Gasteiger partial charge in [-0.1, -0.05) is 0 Å². The van der Waals surface area contributed by atoms with Crippen LogP contribution in [0.1, 0.15) is 35.5 Å². The molecule has 7 nitrogen and oxygen atoms in total. The largest absolute Gasteiger partial charge is 0.497 e. The predicted molar refractivity (Wildman–Crippen MR) is 96.0 cm³/mol. The third kappa shape index (κ3) is 4.23. The molecule has 7 heteroatoms. The second-order valence-corrected chi connectivity index (χ2v) is 5.93. The maximum Gasteiger partial charge on any atom is 0.315 e. The summed E-state index contributed by atoms with van der Waals surface area (Å²) in [5.74, 6) is 1.38. The van der Waals surface area contributed by atoms with Gasteiger partial charge in [0.05, 0.1) is 26.0 Å². The lowest BCUT2D eigenvalue weighted by Crippen LogP contribution is -2.37. The highest BCUT2D eigenvalue weighted by atomic mass is 16.5.